The molecule has 0 atom stereocenters. The van der Waals surface area contributed by atoms with Gasteiger partial charge in [0.15, 0.2) is 0 Å². The summed E-state index contributed by atoms with van der Waals surface area (Å²) >= 11 is 0. The van der Waals surface area contributed by atoms with Crippen molar-refractivity contribution in [3.63, 3.8) is 0 Å². The van der Waals surface area contributed by atoms with Crippen LogP contribution in [-0.2, 0) is 6.54 Å². The Labute approximate surface area is 185 Å². The lowest BCUT2D eigenvalue weighted by molar-refractivity contribution is 0.623. The molecule has 4 heterocycles. The lowest BCUT2D eigenvalue weighted by atomic mass is 10.0. The minimum atomic E-state index is -0.360. The second-order valence-corrected chi connectivity index (χ2v) is 7.55. The van der Waals surface area contributed by atoms with Crippen LogP contribution in [0.25, 0.3) is 33.3 Å². The second-order valence-electron chi connectivity index (χ2n) is 7.55. The largest absolute Gasteiger partial charge is 0.366 e. The molecule has 6 heteroatoms. The number of hydrogen-bond donors (Lipinski definition) is 1. The van der Waals surface area contributed by atoms with Gasteiger partial charge in [0.25, 0.3) is 0 Å². The van der Waals surface area contributed by atoms with Crippen molar-refractivity contribution in [3.05, 3.63) is 103 Å². The molecule has 0 aliphatic rings. The number of halogens is 1. The van der Waals surface area contributed by atoms with Gasteiger partial charge in [-0.2, -0.15) is 0 Å². The predicted octanol–water partition coefficient (Wildman–Crippen LogP) is 5.81. The summed E-state index contributed by atoms with van der Waals surface area (Å²) in [6.45, 7) is 2.29. The third-order valence-corrected chi connectivity index (χ3v) is 5.24. The van der Waals surface area contributed by atoms with Crippen LogP contribution >= 0.6 is 0 Å². The van der Waals surface area contributed by atoms with E-state index < -0.39 is 0 Å². The molecule has 5 rings (SSSR count). The molecule has 0 spiro atoms. The highest BCUT2D eigenvalue weighted by Crippen LogP contribution is 2.25. The fourth-order valence-corrected chi connectivity index (χ4v) is 3.63. The molecule has 0 amide bonds. The number of aryl methyl sites for hydroxylation is 1. The molecule has 4 aromatic heterocycles. The van der Waals surface area contributed by atoms with Gasteiger partial charge in [0.2, 0.25) is 0 Å². The van der Waals surface area contributed by atoms with Gasteiger partial charge < -0.3 is 5.32 Å². The topological polar surface area (TPSA) is 63.6 Å². The van der Waals surface area contributed by atoms with Crippen LogP contribution in [0.2, 0.25) is 0 Å². The van der Waals surface area contributed by atoms with E-state index in [4.69, 9.17) is 0 Å². The minimum Gasteiger partial charge on any atom is -0.366 e. The summed E-state index contributed by atoms with van der Waals surface area (Å²) in [7, 11) is 0. The monoisotopic (exact) mass is 421 g/mol. The molecule has 1 N–H and O–H groups in total. The lowest BCUT2D eigenvalue weighted by Gasteiger charge is -2.10. The number of fused-ring (bicyclic) bond motifs is 1. The Morgan fingerprint density at radius 3 is 2.50 bits per heavy atom. The molecule has 0 aliphatic carbocycles. The summed E-state index contributed by atoms with van der Waals surface area (Å²) in [4.78, 5) is 17.2. The van der Waals surface area contributed by atoms with E-state index in [9.17, 15) is 4.39 Å². The zero-order valence-corrected chi connectivity index (χ0v) is 17.5. The van der Waals surface area contributed by atoms with E-state index in [1.807, 2.05) is 49.4 Å². The first-order valence-corrected chi connectivity index (χ1v) is 10.3. The van der Waals surface area contributed by atoms with Gasteiger partial charge in [0.05, 0.1) is 5.52 Å². The number of pyridine rings is 4. The average Bonchev–Trinajstić information content (AvgIpc) is 2.83. The number of aromatic nitrogens is 4. The molecule has 0 aliphatic heterocycles. The summed E-state index contributed by atoms with van der Waals surface area (Å²) in [6, 6.07) is 19.2. The number of benzene rings is 1. The fourth-order valence-electron chi connectivity index (χ4n) is 3.63. The van der Waals surface area contributed by atoms with Crippen molar-refractivity contribution in [2.24, 2.45) is 0 Å². The molecule has 0 saturated carbocycles. The van der Waals surface area contributed by atoms with Crippen LogP contribution in [0, 0.1) is 12.7 Å². The minimum absolute atomic E-state index is 0.324. The standard InChI is InChI=1S/C26H20FN5/c1-17-11-22(7-9-28-17)26-23(27)12-18(16-32-26)15-31-25-14-20(6-10-30-25)19-4-5-24-21(13-19)3-2-8-29-24/h2-14,16H,15H2,1H3,(H,30,31). The molecule has 0 unspecified atom stereocenters. The van der Waals surface area contributed by atoms with E-state index in [-0.39, 0.29) is 5.82 Å². The van der Waals surface area contributed by atoms with E-state index in [2.05, 4.69) is 31.3 Å². The number of nitrogens with one attached hydrogen (secondary N) is 1. The zero-order chi connectivity index (χ0) is 21.9. The zero-order valence-electron chi connectivity index (χ0n) is 17.5. The molecule has 0 fully saturated rings. The Kier molecular flexibility index (Phi) is 5.25. The molecule has 156 valence electrons. The van der Waals surface area contributed by atoms with Gasteiger partial charge in [-0.1, -0.05) is 12.1 Å². The Balaban J connectivity index is 1.33. The number of hydrogen-bond acceptors (Lipinski definition) is 5. The maximum absolute atomic E-state index is 14.7. The van der Waals surface area contributed by atoms with Crippen LogP contribution in [0.4, 0.5) is 10.2 Å². The Hall–Kier alpha value is -4.19. The van der Waals surface area contributed by atoms with Crippen LogP contribution < -0.4 is 5.32 Å². The lowest BCUT2D eigenvalue weighted by Crippen LogP contribution is -2.03. The van der Waals surface area contributed by atoms with E-state index in [1.165, 1.54) is 6.07 Å². The van der Waals surface area contributed by atoms with Gasteiger partial charge in [0.1, 0.15) is 17.3 Å². The van der Waals surface area contributed by atoms with Gasteiger partial charge in [-0.25, -0.2) is 9.37 Å². The Morgan fingerprint density at radius 1 is 0.781 bits per heavy atom. The summed E-state index contributed by atoms with van der Waals surface area (Å²) in [6.07, 6.45) is 6.89. The fraction of sp³-hybridized carbons (Fsp3) is 0.0769. The van der Waals surface area contributed by atoms with Crippen molar-refractivity contribution in [3.8, 4) is 22.4 Å². The molecule has 32 heavy (non-hydrogen) atoms. The van der Waals surface area contributed by atoms with E-state index in [1.54, 1.807) is 30.9 Å². The SMILES string of the molecule is Cc1cc(-c2ncc(CNc3cc(-c4ccc5ncccc5c4)ccn3)cc2F)ccn1. The molecule has 0 saturated heterocycles. The van der Waals surface area contributed by atoms with E-state index in [0.717, 1.165) is 38.9 Å². The molecule has 5 nitrogen and oxygen atoms in total. The maximum atomic E-state index is 14.7. The maximum Gasteiger partial charge on any atom is 0.149 e. The summed E-state index contributed by atoms with van der Waals surface area (Å²) < 4.78 is 14.7. The highest BCUT2D eigenvalue weighted by atomic mass is 19.1. The van der Waals surface area contributed by atoms with Gasteiger partial charge in [-0.3, -0.25) is 15.0 Å². The van der Waals surface area contributed by atoms with Crippen LogP contribution in [0.1, 0.15) is 11.3 Å². The highest BCUT2D eigenvalue weighted by Gasteiger charge is 2.09. The number of anilines is 1. The first-order chi connectivity index (χ1) is 15.7. The first kappa shape index (κ1) is 19.8. The van der Waals surface area contributed by atoms with E-state index >= 15 is 0 Å². The van der Waals surface area contributed by atoms with Gasteiger partial charge in [-0.05, 0) is 72.1 Å². The summed E-state index contributed by atoms with van der Waals surface area (Å²) in [5, 5.41) is 4.35. The molecular weight excluding hydrogens is 401 g/mol. The molecule has 1 aromatic carbocycles. The van der Waals surface area contributed by atoms with Crippen molar-refractivity contribution in [1.82, 2.24) is 19.9 Å². The molecular formula is C26H20FN5. The van der Waals surface area contributed by atoms with Gasteiger partial charge >= 0.3 is 0 Å². The second kappa shape index (κ2) is 8.51. The Morgan fingerprint density at radius 2 is 1.62 bits per heavy atom. The van der Waals surface area contributed by atoms with Crippen LogP contribution in [0.5, 0.6) is 0 Å². The van der Waals surface area contributed by atoms with Crippen molar-refractivity contribution >= 4 is 16.7 Å². The smallest absolute Gasteiger partial charge is 0.149 e. The molecule has 0 bridgehead atoms. The van der Waals surface area contributed by atoms with Crippen molar-refractivity contribution < 1.29 is 4.39 Å². The average molecular weight is 421 g/mol. The third-order valence-electron chi connectivity index (χ3n) is 5.24. The Bertz CT molecular complexity index is 1420. The molecule has 5 aromatic rings. The van der Waals surface area contributed by atoms with Crippen LogP contribution in [0.15, 0.2) is 85.5 Å². The van der Waals surface area contributed by atoms with Gasteiger partial charge in [0, 0.05) is 48.0 Å². The van der Waals surface area contributed by atoms with Crippen molar-refractivity contribution in [2.45, 2.75) is 13.5 Å². The first-order valence-electron chi connectivity index (χ1n) is 10.3. The summed E-state index contributed by atoms with van der Waals surface area (Å²) in [5.41, 5.74) is 5.69. The van der Waals surface area contributed by atoms with Crippen LogP contribution in [0.3, 0.4) is 0 Å². The highest BCUT2D eigenvalue weighted by molar-refractivity contribution is 5.84. The van der Waals surface area contributed by atoms with E-state index in [0.29, 0.717) is 18.1 Å². The van der Waals surface area contributed by atoms with Gasteiger partial charge in [-0.15, -0.1) is 0 Å². The number of rotatable bonds is 5. The number of nitrogens with zero attached hydrogens (tertiary/aromatic N) is 4. The van der Waals surface area contributed by atoms with Crippen molar-refractivity contribution in [2.75, 3.05) is 5.32 Å². The summed E-state index contributed by atoms with van der Waals surface area (Å²) in [5.74, 6) is 0.351. The third kappa shape index (κ3) is 4.16. The quantitative estimate of drug-likeness (QED) is 0.388. The van der Waals surface area contributed by atoms with Crippen molar-refractivity contribution in [1.29, 1.82) is 0 Å². The molecule has 0 radical (unpaired) electrons. The predicted molar refractivity (Wildman–Crippen MR) is 124 cm³/mol. The normalized spacial score (nSPS) is 10.9. The van der Waals surface area contributed by atoms with Crippen LogP contribution in [-0.4, -0.2) is 19.9 Å².